The van der Waals surface area contributed by atoms with Crippen LogP contribution < -0.4 is 0 Å². The molecule has 1 aromatic heterocycles. The fraction of sp³-hybridized carbons (Fsp3) is 0.700. The van der Waals surface area contributed by atoms with Gasteiger partial charge in [0.05, 0.1) is 6.10 Å². The van der Waals surface area contributed by atoms with Gasteiger partial charge in [-0.1, -0.05) is 13.3 Å². The van der Waals surface area contributed by atoms with E-state index in [4.69, 9.17) is 0 Å². The van der Waals surface area contributed by atoms with E-state index >= 15 is 0 Å². The summed E-state index contributed by atoms with van der Waals surface area (Å²) in [6.07, 6.45) is 5.34. The second kappa shape index (κ2) is 5.02. The topological polar surface area (TPSA) is 38.1 Å². The number of rotatable bonds is 5. The number of aliphatic hydroxyl groups excluding tert-OH is 1. The molecule has 1 N–H and O–H groups in total. The van der Waals surface area contributed by atoms with Crippen LogP contribution in [0.25, 0.3) is 0 Å². The molecule has 0 bridgehead atoms. The normalized spacial score (nSPS) is 13.2. The highest BCUT2D eigenvalue weighted by Crippen LogP contribution is 2.07. The van der Waals surface area contributed by atoms with Crippen molar-refractivity contribution in [3.8, 4) is 0 Å². The zero-order valence-corrected chi connectivity index (χ0v) is 8.40. The Hall–Kier alpha value is -0.830. The Morgan fingerprint density at radius 3 is 2.85 bits per heavy atom. The predicted octanol–water partition coefficient (Wildman–Crippen LogP) is 1.51. The summed E-state index contributed by atoms with van der Waals surface area (Å²) in [7, 11) is 1.93. The number of hydrogen-bond donors (Lipinski definition) is 1. The van der Waals surface area contributed by atoms with Crippen LogP contribution in [0.4, 0.5) is 0 Å². The van der Waals surface area contributed by atoms with E-state index in [0.29, 0.717) is 0 Å². The molecule has 0 fully saturated rings. The van der Waals surface area contributed by atoms with Crippen LogP contribution in [0.3, 0.4) is 0 Å². The van der Waals surface area contributed by atoms with Gasteiger partial charge >= 0.3 is 0 Å². The zero-order valence-electron chi connectivity index (χ0n) is 8.40. The summed E-state index contributed by atoms with van der Waals surface area (Å²) in [6.45, 7) is 2.09. The molecular weight excluding hydrogens is 164 g/mol. The lowest BCUT2D eigenvalue weighted by Gasteiger charge is -2.08. The predicted molar refractivity (Wildman–Crippen MR) is 52.4 cm³/mol. The van der Waals surface area contributed by atoms with Crippen molar-refractivity contribution in [3.05, 3.63) is 18.0 Å². The van der Waals surface area contributed by atoms with Crippen LogP contribution in [0.5, 0.6) is 0 Å². The molecule has 74 valence electrons. The maximum absolute atomic E-state index is 9.51. The smallest absolute Gasteiger partial charge is 0.0543 e. The minimum absolute atomic E-state index is 0.153. The standard InChI is InChI=1S/C10H18N2O/c1-3-4-10(13)6-5-9-7-8-11-12(9)2/h7-8,10,13H,3-6H2,1-2H3. The minimum atomic E-state index is -0.153. The summed E-state index contributed by atoms with van der Waals surface area (Å²) in [5, 5.41) is 13.6. The molecule has 0 aliphatic carbocycles. The van der Waals surface area contributed by atoms with Crippen LogP contribution in [-0.4, -0.2) is 21.0 Å². The van der Waals surface area contributed by atoms with Crippen LogP contribution in [0.15, 0.2) is 12.3 Å². The van der Waals surface area contributed by atoms with Crippen molar-refractivity contribution in [2.24, 2.45) is 7.05 Å². The van der Waals surface area contributed by atoms with Gasteiger partial charge in [-0.05, 0) is 25.3 Å². The van der Waals surface area contributed by atoms with Crippen molar-refractivity contribution < 1.29 is 5.11 Å². The van der Waals surface area contributed by atoms with Gasteiger partial charge in [-0.15, -0.1) is 0 Å². The number of nitrogens with zero attached hydrogens (tertiary/aromatic N) is 2. The molecule has 0 saturated carbocycles. The SMILES string of the molecule is CCCC(O)CCc1ccnn1C. The summed E-state index contributed by atoms with van der Waals surface area (Å²) in [4.78, 5) is 0. The highest BCUT2D eigenvalue weighted by molar-refractivity contribution is 4.99. The molecule has 1 unspecified atom stereocenters. The van der Waals surface area contributed by atoms with E-state index in [-0.39, 0.29) is 6.10 Å². The first-order valence-electron chi connectivity index (χ1n) is 4.89. The molecule has 0 aromatic carbocycles. The van der Waals surface area contributed by atoms with Crippen molar-refractivity contribution in [3.63, 3.8) is 0 Å². The lowest BCUT2D eigenvalue weighted by atomic mass is 10.1. The fourth-order valence-corrected chi connectivity index (χ4v) is 1.44. The van der Waals surface area contributed by atoms with Crippen molar-refractivity contribution in [2.75, 3.05) is 0 Å². The van der Waals surface area contributed by atoms with E-state index in [1.165, 1.54) is 5.69 Å². The first-order chi connectivity index (χ1) is 6.24. The third kappa shape index (κ3) is 3.19. The van der Waals surface area contributed by atoms with Crippen molar-refractivity contribution in [1.29, 1.82) is 0 Å². The van der Waals surface area contributed by atoms with E-state index in [2.05, 4.69) is 12.0 Å². The first kappa shape index (κ1) is 10.3. The Labute approximate surface area is 79.4 Å². The third-order valence-electron chi connectivity index (χ3n) is 2.28. The van der Waals surface area contributed by atoms with Crippen LogP contribution >= 0.6 is 0 Å². The number of aliphatic hydroxyl groups is 1. The van der Waals surface area contributed by atoms with Crippen LogP contribution in [-0.2, 0) is 13.5 Å². The highest BCUT2D eigenvalue weighted by atomic mass is 16.3. The van der Waals surface area contributed by atoms with Gasteiger partial charge in [0.15, 0.2) is 0 Å². The molecule has 1 aromatic rings. The quantitative estimate of drug-likeness (QED) is 0.749. The second-order valence-corrected chi connectivity index (χ2v) is 3.43. The van der Waals surface area contributed by atoms with Gasteiger partial charge in [-0.25, -0.2) is 0 Å². The van der Waals surface area contributed by atoms with Gasteiger partial charge in [0.2, 0.25) is 0 Å². The molecule has 0 saturated heterocycles. The van der Waals surface area contributed by atoms with E-state index < -0.39 is 0 Å². The minimum Gasteiger partial charge on any atom is -0.393 e. The van der Waals surface area contributed by atoms with Crippen LogP contribution in [0.2, 0.25) is 0 Å². The average Bonchev–Trinajstić information content (AvgIpc) is 2.48. The molecular formula is C10H18N2O. The van der Waals surface area contributed by atoms with Gasteiger partial charge in [-0.3, -0.25) is 4.68 Å². The largest absolute Gasteiger partial charge is 0.393 e. The van der Waals surface area contributed by atoms with Crippen LogP contribution in [0.1, 0.15) is 31.9 Å². The number of aromatic nitrogens is 2. The molecule has 0 amide bonds. The highest BCUT2D eigenvalue weighted by Gasteiger charge is 2.04. The van der Waals surface area contributed by atoms with Gasteiger partial charge in [-0.2, -0.15) is 5.10 Å². The number of hydrogen-bond acceptors (Lipinski definition) is 2. The van der Waals surface area contributed by atoms with Gasteiger partial charge < -0.3 is 5.11 Å². The fourth-order valence-electron chi connectivity index (χ4n) is 1.44. The second-order valence-electron chi connectivity index (χ2n) is 3.43. The Morgan fingerprint density at radius 2 is 2.31 bits per heavy atom. The molecule has 0 radical (unpaired) electrons. The Morgan fingerprint density at radius 1 is 1.54 bits per heavy atom. The Kier molecular flexibility index (Phi) is 3.96. The van der Waals surface area contributed by atoms with E-state index in [0.717, 1.165) is 25.7 Å². The number of aryl methyl sites for hydroxylation is 2. The van der Waals surface area contributed by atoms with Gasteiger partial charge in [0.25, 0.3) is 0 Å². The first-order valence-corrected chi connectivity index (χ1v) is 4.89. The van der Waals surface area contributed by atoms with Crippen molar-refractivity contribution >= 4 is 0 Å². The summed E-state index contributed by atoms with van der Waals surface area (Å²) in [5.74, 6) is 0. The van der Waals surface area contributed by atoms with E-state index in [1.807, 2.05) is 17.8 Å². The van der Waals surface area contributed by atoms with Crippen molar-refractivity contribution in [1.82, 2.24) is 9.78 Å². The summed E-state index contributed by atoms with van der Waals surface area (Å²) in [5.41, 5.74) is 1.19. The molecule has 1 rings (SSSR count). The maximum atomic E-state index is 9.51. The molecule has 1 atom stereocenters. The Balaban J connectivity index is 2.30. The van der Waals surface area contributed by atoms with Gasteiger partial charge in [0.1, 0.15) is 0 Å². The molecule has 0 aliphatic heterocycles. The molecule has 0 aliphatic rings. The van der Waals surface area contributed by atoms with E-state index in [1.54, 1.807) is 6.20 Å². The molecule has 13 heavy (non-hydrogen) atoms. The van der Waals surface area contributed by atoms with Crippen LogP contribution in [0, 0.1) is 0 Å². The lowest BCUT2D eigenvalue weighted by Crippen LogP contribution is -2.09. The molecule has 1 heterocycles. The maximum Gasteiger partial charge on any atom is 0.0543 e. The zero-order chi connectivity index (χ0) is 9.68. The monoisotopic (exact) mass is 182 g/mol. The van der Waals surface area contributed by atoms with E-state index in [9.17, 15) is 5.11 Å². The summed E-state index contributed by atoms with van der Waals surface area (Å²) >= 11 is 0. The lowest BCUT2D eigenvalue weighted by molar-refractivity contribution is 0.153. The molecule has 3 nitrogen and oxygen atoms in total. The summed E-state index contributed by atoms with van der Waals surface area (Å²) < 4.78 is 1.86. The summed E-state index contributed by atoms with van der Waals surface area (Å²) in [6, 6.07) is 2.00. The molecule has 0 spiro atoms. The third-order valence-corrected chi connectivity index (χ3v) is 2.28. The van der Waals surface area contributed by atoms with Gasteiger partial charge in [0, 0.05) is 18.9 Å². The average molecular weight is 182 g/mol. The molecule has 3 heteroatoms. The Bertz CT molecular complexity index is 245. The van der Waals surface area contributed by atoms with Crippen molar-refractivity contribution in [2.45, 2.75) is 38.7 Å².